The summed E-state index contributed by atoms with van der Waals surface area (Å²) in [7, 11) is 0. The van der Waals surface area contributed by atoms with Crippen molar-refractivity contribution in [2.45, 2.75) is 59.8 Å². The van der Waals surface area contributed by atoms with Crippen LogP contribution in [-0.4, -0.2) is 18.4 Å². The Labute approximate surface area is 214 Å². The van der Waals surface area contributed by atoms with Gasteiger partial charge in [0.15, 0.2) is 0 Å². The molecule has 0 saturated carbocycles. The maximum atomic E-state index is 13.1. The lowest BCUT2D eigenvalue weighted by Gasteiger charge is -2.23. The highest BCUT2D eigenvalue weighted by atomic mass is 16.5. The van der Waals surface area contributed by atoms with Gasteiger partial charge in [-0.05, 0) is 78.3 Å². The van der Waals surface area contributed by atoms with Crippen LogP contribution in [0.1, 0.15) is 62.3 Å². The summed E-state index contributed by atoms with van der Waals surface area (Å²) in [5.74, 6) is 1.41. The second kappa shape index (κ2) is 11.0. The summed E-state index contributed by atoms with van der Waals surface area (Å²) in [6, 6.07) is 19.8. The lowest BCUT2D eigenvalue weighted by molar-refractivity contribution is -0.122. The molecule has 1 atom stereocenters. The number of rotatable bonds is 8. The van der Waals surface area contributed by atoms with E-state index < -0.39 is 0 Å². The average molecular weight is 485 g/mol. The molecule has 188 valence electrons. The molecule has 1 aliphatic rings. The molecule has 1 fully saturated rings. The number of ether oxygens (including phenoxy) is 1. The van der Waals surface area contributed by atoms with Gasteiger partial charge in [0.25, 0.3) is 0 Å². The Morgan fingerprint density at radius 3 is 2.31 bits per heavy atom. The molecule has 36 heavy (non-hydrogen) atoms. The van der Waals surface area contributed by atoms with E-state index in [4.69, 9.17) is 4.74 Å². The van der Waals surface area contributed by atoms with E-state index in [1.165, 1.54) is 0 Å². The van der Waals surface area contributed by atoms with E-state index in [9.17, 15) is 9.59 Å². The molecule has 0 unspecified atom stereocenters. The van der Waals surface area contributed by atoms with Crippen LogP contribution in [0.4, 0.5) is 11.4 Å². The van der Waals surface area contributed by atoms with Crippen molar-refractivity contribution in [1.82, 2.24) is 0 Å². The molecule has 1 N–H and O–H groups in total. The fourth-order valence-electron chi connectivity index (χ4n) is 4.85. The Balaban J connectivity index is 1.44. The van der Waals surface area contributed by atoms with Crippen molar-refractivity contribution in [3.05, 3.63) is 82.9 Å². The maximum absolute atomic E-state index is 13.1. The third kappa shape index (κ3) is 5.46. The zero-order chi connectivity index (χ0) is 25.8. The lowest BCUT2D eigenvalue weighted by atomic mass is 10.0. The van der Waals surface area contributed by atoms with E-state index in [1.807, 2.05) is 42.2 Å². The predicted octanol–water partition coefficient (Wildman–Crippen LogP) is 7.03. The Morgan fingerprint density at radius 1 is 1.03 bits per heavy atom. The minimum atomic E-state index is -0.385. The van der Waals surface area contributed by atoms with Crippen LogP contribution >= 0.6 is 0 Å². The lowest BCUT2D eigenvalue weighted by Crippen LogP contribution is -2.29. The largest absolute Gasteiger partial charge is 0.457 e. The third-order valence-electron chi connectivity index (χ3n) is 6.87. The Kier molecular flexibility index (Phi) is 7.78. The van der Waals surface area contributed by atoms with E-state index >= 15 is 0 Å². The highest BCUT2D eigenvalue weighted by Crippen LogP contribution is 2.34. The first-order valence-electron chi connectivity index (χ1n) is 12.9. The fraction of sp³-hybridized carbons (Fsp3) is 0.355. The number of amides is 2. The molecule has 3 aromatic rings. The average Bonchev–Trinajstić information content (AvgIpc) is 3.25. The predicted molar refractivity (Wildman–Crippen MR) is 146 cm³/mol. The van der Waals surface area contributed by atoms with E-state index in [1.54, 1.807) is 0 Å². The van der Waals surface area contributed by atoms with E-state index in [2.05, 4.69) is 63.3 Å². The minimum Gasteiger partial charge on any atom is -0.457 e. The first-order chi connectivity index (χ1) is 17.3. The minimum absolute atomic E-state index is 0.00797. The molecule has 0 spiro atoms. The summed E-state index contributed by atoms with van der Waals surface area (Å²) in [4.78, 5) is 27.8. The number of nitrogens with zero attached hydrogens (tertiary/aromatic N) is 1. The van der Waals surface area contributed by atoms with Crippen molar-refractivity contribution in [2.24, 2.45) is 5.92 Å². The topological polar surface area (TPSA) is 58.6 Å². The number of para-hydroxylation sites is 1. The van der Waals surface area contributed by atoms with Gasteiger partial charge < -0.3 is 15.0 Å². The van der Waals surface area contributed by atoms with Crippen molar-refractivity contribution in [1.29, 1.82) is 0 Å². The van der Waals surface area contributed by atoms with Crippen LogP contribution in [0, 0.1) is 12.8 Å². The van der Waals surface area contributed by atoms with Crippen LogP contribution in [0.25, 0.3) is 0 Å². The molecule has 3 aromatic carbocycles. The Hall–Kier alpha value is -3.60. The van der Waals surface area contributed by atoms with Crippen LogP contribution in [-0.2, 0) is 22.4 Å². The van der Waals surface area contributed by atoms with Crippen molar-refractivity contribution in [3.63, 3.8) is 0 Å². The molecular formula is C31H36N2O3. The number of hydrogen-bond donors (Lipinski definition) is 1. The number of benzene rings is 3. The maximum Gasteiger partial charge on any atom is 0.229 e. The van der Waals surface area contributed by atoms with E-state index in [-0.39, 0.29) is 24.2 Å². The van der Waals surface area contributed by atoms with Gasteiger partial charge in [-0.15, -0.1) is 0 Å². The molecule has 2 amide bonds. The van der Waals surface area contributed by atoms with Crippen molar-refractivity contribution in [3.8, 4) is 11.5 Å². The standard InChI is InChI=1S/C31H36N2O3/c1-6-22-9-8-10-23(7-2)30(22)33-19-24(18-29(33)34)31(35)32-25-12-14-26(15-13-25)36-28-17-21(5)11-16-27(28)20(3)4/h8-17,20,24H,6-7,18-19H2,1-5H3,(H,32,35)/t24-/m1/s1. The number of anilines is 2. The van der Waals surface area contributed by atoms with Gasteiger partial charge in [-0.1, -0.05) is 58.0 Å². The molecule has 0 aliphatic carbocycles. The highest BCUT2D eigenvalue weighted by Gasteiger charge is 2.36. The summed E-state index contributed by atoms with van der Waals surface area (Å²) >= 11 is 0. The summed E-state index contributed by atoms with van der Waals surface area (Å²) in [6.45, 7) is 10.9. The Bertz CT molecular complexity index is 1220. The van der Waals surface area contributed by atoms with Crippen LogP contribution < -0.4 is 15.0 Å². The molecule has 1 heterocycles. The van der Waals surface area contributed by atoms with Crippen LogP contribution in [0.2, 0.25) is 0 Å². The fourth-order valence-corrected chi connectivity index (χ4v) is 4.85. The smallest absolute Gasteiger partial charge is 0.229 e. The van der Waals surface area contributed by atoms with Gasteiger partial charge in [0.1, 0.15) is 11.5 Å². The normalized spacial score (nSPS) is 15.4. The summed E-state index contributed by atoms with van der Waals surface area (Å²) in [6.07, 6.45) is 1.92. The number of aryl methyl sites for hydroxylation is 3. The molecule has 1 saturated heterocycles. The summed E-state index contributed by atoms with van der Waals surface area (Å²) < 4.78 is 6.17. The first kappa shape index (κ1) is 25.5. The number of carbonyl (C=O) groups excluding carboxylic acids is 2. The van der Waals surface area contributed by atoms with Gasteiger partial charge in [-0.3, -0.25) is 9.59 Å². The summed E-state index contributed by atoms with van der Waals surface area (Å²) in [5.41, 5.74) is 6.27. The molecule has 5 nitrogen and oxygen atoms in total. The molecule has 0 radical (unpaired) electrons. The molecular weight excluding hydrogens is 448 g/mol. The summed E-state index contributed by atoms with van der Waals surface area (Å²) in [5, 5.41) is 2.99. The molecule has 1 aliphatic heterocycles. The van der Waals surface area contributed by atoms with Gasteiger partial charge in [-0.25, -0.2) is 0 Å². The van der Waals surface area contributed by atoms with Gasteiger partial charge in [0.2, 0.25) is 11.8 Å². The van der Waals surface area contributed by atoms with Crippen LogP contribution in [0.5, 0.6) is 11.5 Å². The van der Waals surface area contributed by atoms with E-state index in [0.717, 1.165) is 46.5 Å². The van der Waals surface area contributed by atoms with E-state index in [0.29, 0.717) is 23.9 Å². The second-order valence-electron chi connectivity index (χ2n) is 9.85. The van der Waals surface area contributed by atoms with Gasteiger partial charge in [-0.2, -0.15) is 0 Å². The molecule has 5 heteroatoms. The highest BCUT2D eigenvalue weighted by molar-refractivity contribution is 6.04. The van der Waals surface area contributed by atoms with Crippen molar-refractivity contribution < 1.29 is 14.3 Å². The molecule has 0 aromatic heterocycles. The van der Waals surface area contributed by atoms with Crippen molar-refractivity contribution in [2.75, 3.05) is 16.8 Å². The quantitative estimate of drug-likeness (QED) is 0.373. The third-order valence-corrected chi connectivity index (χ3v) is 6.87. The molecule has 0 bridgehead atoms. The van der Waals surface area contributed by atoms with Gasteiger partial charge >= 0.3 is 0 Å². The zero-order valence-electron chi connectivity index (χ0n) is 21.9. The van der Waals surface area contributed by atoms with Gasteiger partial charge in [0, 0.05) is 24.3 Å². The first-order valence-corrected chi connectivity index (χ1v) is 12.9. The number of carbonyl (C=O) groups is 2. The SMILES string of the molecule is CCc1cccc(CC)c1N1C[C@H](C(=O)Nc2ccc(Oc3cc(C)ccc3C(C)C)cc2)CC1=O. The Morgan fingerprint density at radius 2 is 1.69 bits per heavy atom. The van der Waals surface area contributed by atoms with Crippen LogP contribution in [0.3, 0.4) is 0 Å². The monoisotopic (exact) mass is 484 g/mol. The zero-order valence-corrected chi connectivity index (χ0v) is 21.9. The van der Waals surface area contributed by atoms with Gasteiger partial charge in [0.05, 0.1) is 5.92 Å². The van der Waals surface area contributed by atoms with Crippen molar-refractivity contribution >= 4 is 23.2 Å². The number of hydrogen-bond acceptors (Lipinski definition) is 3. The molecule has 4 rings (SSSR count). The van der Waals surface area contributed by atoms with Crippen LogP contribution in [0.15, 0.2) is 60.7 Å². The number of nitrogens with one attached hydrogen (secondary N) is 1. The second-order valence-corrected chi connectivity index (χ2v) is 9.85.